The van der Waals surface area contributed by atoms with Crippen molar-refractivity contribution in [3.8, 4) is 44.5 Å². The summed E-state index contributed by atoms with van der Waals surface area (Å²) in [5, 5.41) is 12.5. The summed E-state index contributed by atoms with van der Waals surface area (Å²) in [6.45, 7) is 35.3. The Hall–Kier alpha value is -4.94. The Morgan fingerprint density at radius 1 is 0.204 bits per heavy atom. The summed E-state index contributed by atoms with van der Waals surface area (Å²) in [7, 11) is 0. The molecular formula is C54H52. The SMILES string of the molecule is [2H]c1c(C)c2c3c(c(C)c([2H])c(C)c3c1C)-c1c-2c(C)c2c(C)c(C)c3c4c(C)c5c(c(C)c4c(C)c(C)c3c2c1C)-c1c(C)c([2H])c(C)c2c(C)c([2H])c(C)c-5c12. The van der Waals surface area contributed by atoms with Crippen LogP contribution < -0.4 is 0 Å². The van der Waals surface area contributed by atoms with Gasteiger partial charge in [0, 0.05) is 0 Å². The maximum atomic E-state index is 9.38. The van der Waals surface area contributed by atoms with E-state index in [0.29, 0.717) is 24.2 Å². The van der Waals surface area contributed by atoms with E-state index in [1.807, 2.05) is 0 Å². The number of benzene rings is 8. The molecule has 0 unspecified atom stereocenters. The van der Waals surface area contributed by atoms with Gasteiger partial charge >= 0.3 is 0 Å². The Kier molecular flexibility index (Phi) is 5.68. The Labute approximate surface area is 326 Å². The first kappa shape index (κ1) is 29.4. The van der Waals surface area contributed by atoms with Crippen molar-refractivity contribution < 1.29 is 5.48 Å². The lowest BCUT2D eigenvalue weighted by molar-refractivity contribution is 1.35. The van der Waals surface area contributed by atoms with Gasteiger partial charge in [-0.15, -0.1) is 0 Å². The quantitative estimate of drug-likeness (QED) is 0.138. The minimum Gasteiger partial charge on any atom is -0.0551 e. The molecule has 10 rings (SSSR count). The fourth-order valence-electron chi connectivity index (χ4n) is 12.2. The molecule has 268 valence electrons. The zero-order chi connectivity index (χ0) is 41.9. The van der Waals surface area contributed by atoms with Gasteiger partial charge < -0.3 is 0 Å². The maximum absolute atomic E-state index is 9.38. The summed E-state index contributed by atoms with van der Waals surface area (Å²) in [4.78, 5) is 0. The normalized spacial score (nSPS) is 13.9. The van der Waals surface area contributed by atoms with Crippen molar-refractivity contribution in [3.63, 3.8) is 0 Å². The van der Waals surface area contributed by atoms with Crippen molar-refractivity contribution in [1.82, 2.24) is 0 Å². The van der Waals surface area contributed by atoms with Gasteiger partial charge in [-0.05, 0) is 298 Å². The van der Waals surface area contributed by atoms with Crippen molar-refractivity contribution in [2.24, 2.45) is 0 Å². The van der Waals surface area contributed by atoms with Gasteiger partial charge in [-0.2, -0.15) is 0 Å². The molecule has 0 radical (unpaired) electrons. The van der Waals surface area contributed by atoms with Crippen molar-refractivity contribution in [2.75, 3.05) is 0 Å². The predicted octanol–water partition coefficient (Wildman–Crippen LogP) is 15.7. The molecule has 8 aromatic carbocycles. The topological polar surface area (TPSA) is 0 Å². The second-order valence-electron chi connectivity index (χ2n) is 17.2. The molecule has 0 nitrogen and oxygen atoms in total. The molecule has 0 bridgehead atoms. The van der Waals surface area contributed by atoms with Gasteiger partial charge in [0.15, 0.2) is 0 Å². The molecule has 0 N–H and O–H groups in total. The molecule has 2 aliphatic rings. The summed E-state index contributed by atoms with van der Waals surface area (Å²) in [6, 6.07) is 2.32. The smallest absolute Gasteiger partial charge is 0.0551 e. The minimum absolute atomic E-state index is 0.577. The van der Waals surface area contributed by atoms with E-state index < -0.39 is 0 Å². The second kappa shape index (κ2) is 10.4. The Balaban J connectivity index is 1.47. The molecule has 54 heavy (non-hydrogen) atoms. The van der Waals surface area contributed by atoms with E-state index in [9.17, 15) is 5.48 Å². The van der Waals surface area contributed by atoms with Crippen molar-refractivity contribution in [2.45, 2.75) is 111 Å². The van der Waals surface area contributed by atoms with E-state index in [-0.39, 0.29) is 0 Å². The van der Waals surface area contributed by atoms with Crippen molar-refractivity contribution >= 4 is 53.9 Å². The number of hydrogen-bond acceptors (Lipinski definition) is 0. The fraction of sp³-hybridized carbons (Fsp3) is 0.296. The molecule has 0 heteroatoms. The van der Waals surface area contributed by atoms with Gasteiger partial charge in [0.05, 0.1) is 5.48 Å². The van der Waals surface area contributed by atoms with Crippen LogP contribution in [0.5, 0.6) is 0 Å². The number of rotatable bonds is 0. The molecule has 8 aromatic rings. The van der Waals surface area contributed by atoms with E-state index in [0.717, 1.165) is 55.3 Å². The Morgan fingerprint density at radius 3 is 0.667 bits per heavy atom. The van der Waals surface area contributed by atoms with Crippen LogP contribution in [-0.4, -0.2) is 0 Å². The number of fused-ring (bicyclic) bond motifs is 11. The largest absolute Gasteiger partial charge is 0.0629 e. The van der Waals surface area contributed by atoms with Crippen molar-refractivity contribution in [1.29, 1.82) is 0 Å². The molecule has 0 aliphatic heterocycles. The highest BCUT2D eigenvalue weighted by atomic mass is 14.4. The van der Waals surface area contributed by atoms with E-state index >= 15 is 0 Å². The standard InChI is InChI=1S/C54H52/c1-21-17-25(5)39-47-33(13)43-29(9)31(11)46-45(51(43)35(15)49(47)41-27(7)19-23(3)37(21)53(39)41)32(12)30(10)44-34(14)48-40-26(6)18-22(2)38-24(4)20-28(8)42(54(38)40)50(48)36(16)52(44)46/h17-20H,1-16H3/i17D,18D,19D,20D. The monoisotopic (exact) mass is 704 g/mol. The van der Waals surface area contributed by atoms with Crippen LogP contribution in [0.25, 0.3) is 98.4 Å². The van der Waals surface area contributed by atoms with Gasteiger partial charge in [-0.3, -0.25) is 0 Å². The first-order chi connectivity index (χ1) is 27.2. The molecular weight excluding hydrogens is 649 g/mol. The molecule has 0 atom stereocenters. The molecule has 0 spiro atoms. The van der Waals surface area contributed by atoms with E-state index in [1.54, 1.807) is 0 Å². The van der Waals surface area contributed by atoms with Crippen LogP contribution in [0, 0.1) is 111 Å². The fourth-order valence-corrected chi connectivity index (χ4v) is 12.2. The highest BCUT2D eigenvalue weighted by Gasteiger charge is 2.35. The third-order valence-corrected chi connectivity index (χ3v) is 14.4. The number of aryl methyl sites for hydroxylation is 12. The zero-order valence-corrected chi connectivity index (χ0v) is 35.0. The third kappa shape index (κ3) is 3.58. The molecule has 0 saturated carbocycles. The van der Waals surface area contributed by atoms with Crippen LogP contribution in [-0.2, 0) is 0 Å². The second-order valence-corrected chi connectivity index (χ2v) is 17.2. The summed E-state index contributed by atoms with van der Waals surface area (Å²) >= 11 is 0. The van der Waals surface area contributed by atoms with Gasteiger partial charge in [-0.1, -0.05) is 24.2 Å². The van der Waals surface area contributed by atoms with Gasteiger partial charge in [0.25, 0.3) is 0 Å². The summed E-state index contributed by atoms with van der Waals surface area (Å²) in [6.07, 6.45) is 0. The van der Waals surface area contributed by atoms with Crippen LogP contribution in [0.3, 0.4) is 0 Å². The first-order valence-corrected chi connectivity index (χ1v) is 19.8. The average Bonchev–Trinajstić information content (AvgIpc) is 3.73. The van der Waals surface area contributed by atoms with Gasteiger partial charge in [0.1, 0.15) is 0 Å². The van der Waals surface area contributed by atoms with Crippen LogP contribution in [0.15, 0.2) is 24.2 Å². The molecule has 0 aromatic heterocycles. The van der Waals surface area contributed by atoms with Crippen LogP contribution in [0.2, 0.25) is 0 Å². The van der Waals surface area contributed by atoms with E-state index in [2.05, 4.69) is 111 Å². The minimum atomic E-state index is 0.577. The average molecular weight is 705 g/mol. The summed E-state index contributed by atoms with van der Waals surface area (Å²) in [5.74, 6) is 0. The number of hydrogen-bond donors (Lipinski definition) is 0. The molecule has 0 amide bonds. The zero-order valence-electron chi connectivity index (χ0n) is 39.0. The van der Waals surface area contributed by atoms with Gasteiger partial charge in [-0.25, -0.2) is 0 Å². The summed E-state index contributed by atoms with van der Waals surface area (Å²) < 4.78 is 37.4. The summed E-state index contributed by atoms with van der Waals surface area (Å²) in [5.41, 5.74) is 27.9. The van der Waals surface area contributed by atoms with Crippen LogP contribution >= 0.6 is 0 Å². The Bertz CT molecular complexity index is 3220. The lowest BCUT2D eigenvalue weighted by Crippen LogP contribution is -2.03. The highest BCUT2D eigenvalue weighted by molar-refractivity contribution is 6.31. The maximum Gasteiger partial charge on any atom is 0.0629 e. The lowest BCUT2D eigenvalue weighted by Gasteiger charge is -2.26. The van der Waals surface area contributed by atoms with E-state index in [4.69, 9.17) is 0 Å². The molecule has 0 fully saturated rings. The highest BCUT2D eigenvalue weighted by Crippen LogP contribution is 2.60. The predicted molar refractivity (Wildman–Crippen MR) is 239 cm³/mol. The third-order valence-electron chi connectivity index (χ3n) is 14.4. The molecule has 0 heterocycles. The van der Waals surface area contributed by atoms with Crippen LogP contribution in [0.1, 0.15) is 94.5 Å². The van der Waals surface area contributed by atoms with Crippen LogP contribution in [0.4, 0.5) is 0 Å². The molecule has 0 saturated heterocycles. The molecule has 2 aliphatic carbocycles. The van der Waals surface area contributed by atoms with Gasteiger partial charge in [0.2, 0.25) is 0 Å². The van der Waals surface area contributed by atoms with E-state index in [1.165, 1.54) is 132 Å². The Morgan fingerprint density at radius 2 is 0.407 bits per heavy atom. The lowest BCUT2D eigenvalue weighted by atomic mass is 9.77. The first-order valence-electron chi connectivity index (χ1n) is 21.8. The van der Waals surface area contributed by atoms with Crippen molar-refractivity contribution in [3.05, 3.63) is 113 Å².